The van der Waals surface area contributed by atoms with Gasteiger partial charge in [-0.15, -0.1) is 0 Å². The van der Waals surface area contributed by atoms with Crippen molar-refractivity contribution in [2.75, 3.05) is 0 Å². The van der Waals surface area contributed by atoms with Gasteiger partial charge in [0, 0.05) is 38.2 Å². The molecule has 0 saturated carbocycles. The molecule has 0 amide bonds. The van der Waals surface area contributed by atoms with Crippen LogP contribution in [-0.4, -0.2) is 9.13 Å². The molecule has 9 heteroatoms. The average molecular weight is 902 g/mol. The van der Waals surface area contributed by atoms with Crippen LogP contribution < -0.4 is 0 Å². The van der Waals surface area contributed by atoms with Gasteiger partial charge in [-0.3, -0.25) is 0 Å². The molecule has 0 aliphatic heterocycles. The highest BCUT2D eigenvalue weighted by molar-refractivity contribution is 6.13. The van der Waals surface area contributed by atoms with Crippen LogP contribution in [0.4, 0.5) is 26.3 Å². The number of aryl methyl sites for hydroxylation is 2. The molecule has 68 heavy (non-hydrogen) atoms. The van der Waals surface area contributed by atoms with Crippen molar-refractivity contribution in [1.82, 2.24) is 9.13 Å². The summed E-state index contributed by atoms with van der Waals surface area (Å²) in [6.07, 6.45) is -10.4. The number of hydrogen-bond acceptors (Lipinski definition) is 1. The van der Waals surface area contributed by atoms with E-state index in [0.29, 0.717) is 28.9 Å². The van der Waals surface area contributed by atoms with E-state index in [-0.39, 0.29) is 27.9 Å². The molecule has 9 aromatic carbocycles. The number of nitrogens with zero attached hydrogens (tertiary/aromatic N) is 3. The van der Waals surface area contributed by atoms with Gasteiger partial charge >= 0.3 is 12.4 Å². The van der Waals surface area contributed by atoms with Crippen molar-refractivity contribution in [3.8, 4) is 62.0 Å². The van der Waals surface area contributed by atoms with Gasteiger partial charge in [0.2, 0.25) is 0 Å². The van der Waals surface area contributed by atoms with E-state index in [2.05, 4.69) is 30.3 Å². The zero-order valence-electron chi connectivity index (χ0n) is 36.5. The summed E-state index contributed by atoms with van der Waals surface area (Å²) in [7, 11) is 0. The average Bonchev–Trinajstić information content (AvgIpc) is 3.85. The fourth-order valence-electron chi connectivity index (χ4n) is 10.1. The molecule has 0 radical (unpaired) electrons. The van der Waals surface area contributed by atoms with Crippen LogP contribution in [-0.2, 0) is 12.4 Å². The third-order valence-corrected chi connectivity index (χ3v) is 12.9. The minimum atomic E-state index is -5.19. The highest BCUT2D eigenvalue weighted by atomic mass is 19.4. The van der Waals surface area contributed by atoms with E-state index in [0.717, 1.165) is 72.0 Å². The summed E-state index contributed by atoms with van der Waals surface area (Å²) >= 11 is 0. The lowest BCUT2D eigenvalue weighted by molar-refractivity contribution is -0.142. The molecule has 11 rings (SSSR count). The normalized spacial score (nSPS) is 12.1. The van der Waals surface area contributed by atoms with Crippen LogP contribution in [0.5, 0.6) is 0 Å². The van der Waals surface area contributed by atoms with Crippen LogP contribution in [0.2, 0.25) is 0 Å². The molecule has 330 valence electrons. The van der Waals surface area contributed by atoms with Crippen LogP contribution in [0.1, 0.15) is 27.8 Å². The van der Waals surface area contributed by atoms with Crippen molar-refractivity contribution in [2.24, 2.45) is 0 Å². The van der Waals surface area contributed by atoms with Crippen molar-refractivity contribution >= 4 is 43.6 Å². The van der Waals surface area contributed by atoms with Crippen molar-refractivity contribution in [1.29, 1.82) is 5.26 Å². The van der Waals surface area contributed by atoms with Gasteiger partial charge in [0.25, 0.3) is 0 Å². The predicted molar refractivity (Wildman–Crippen MR) is 261 cm³/mol. The molecule has 2 heterocycles. The number of hydrogen-bond donors (Lipinski definition) is 0. The first kappa shape index (κ1) is 42.3. The minimum absolute atomic E-state index is 0.0228. The first-order valence-corrected chi connectivity index (χ1v) is 22.0. The van der Waals surface area contributed by atoms with Gasteiger partial charge in [-0.25, -0.2) is 0 Å². The molecular formula is C59H37F6N3. The maximum absolute atomic E-state index is 15.4. The SMILES string of the molecule is Cc1cccc(-c2ccc3c(c2)c2ccccc2n3-c2cccc(C#N)c2-c2c(-c3c(C(F)(F)F)cccc3C(F)(F)F)cccc2-n2c3ccccc3c3cc(-c4cccc(C)c4)ccc32)c1. The van der Waals surface area contributed by atoms with Crippen molar-refractivity contribution in [2.45, 2.75) is 26.2 Å². The van der Waals surface area contributed by atoms with E-state index in [1.165, 1.54) is 12.1 Å². The Labute approximate surface area is 387 Å². The summed E-state index contributed by atoms with van der Waals surface area (Å²) < 4.78 is 96.1. The van der Waals surface area contributed by atoms with E-state index in [9.17, 15) is 5.26 Å². The predicted octanol–water partition coefficient (Wildman–Crippen LogP) is 17.1. The quantitative estimate of drug-likeness (QED) is 0.153. The van der Waals surface area contributed by atoms with Gasteiger partial charge in [0.15, 0.2) is 0 Å². The molecule has 11 aromatic rings. The van der Waals surface area contributed by atoms with Crippen molar-refractivity contribution in [3.63, 3.8) is 0 Å². The molecule has 0 bridgehead atoms. The molecule has 0 aliphatic rings. The first-order valence-electron chi connectivity index (χ1n) is 22.0. The molecule has 0 fully saturated rings. The van der Waals surface area contributed by atoms with Crippen molar-refractivity contribution in [3.05, 3.63) is 216 Å². The molecular weight excluding hydrogens is 865 g/mol. The smallest absolute Gasteiger partial charge is 0.309 e. The van der Waals surface area contributed by atoms with Crippen LogP contribution in [0.15, 0.2) is 188 Å². The number of fused-ring (bicyclic) bond motifs is 6. The Bertz CT molecular complexity index is 3850. The molecule has 0 N–H and O–H groups in total. The zero-order valence-corrected chi connectivity index (χ0v) is 36.5. The maximum Gasteiger partial charge on any atom is 0.417 e. The second-order valence-corrected chi connectivity index (χ2v) is 17.1. The topological polar surface area (TPSA) is 33.6 Å². The summed E-state index contributed by atoms with van der Waals surface area (Å²) in [6.45, 7) is 4.04. The summed E-state index contributed by atoms with van der Waals surface area (Å²) in [5.74, 6) is 0. The fourth-order valence-corrected chi connectivity index (χ4v) is 10.1. The Morgan fingerprint density at radius 2 is 0.809 bits per heavy atom. The zero-order chi connectivity index (χ0) is 47.1. The van der Waals surface area contributed by atoms with E-state index < -0.39 is 29.0 Å². The summed E-state index contributed by atoms with van der Waals surface area (Å²) in [4.78, 5) is 0. The molecule has 0 spiro atoms. The number of rotatable bonds is 6. The lowest BCUT2D eigenvalue weighted by Gasteiger charge is -2.25. The number of aromatic nitrogens is 2. The number of alkyl halides is 6. The third kappa shape index (κ3) is 6.91. The highest BCUT2D eigenvalue weighted by Gasteiger charge is 2.42. The third-order valence-electron chi connectivity index (χ3n) is 12.9. The van der Waals surface area contributed by atoms with E-state index in [1.54, 1.807) is 24.3 Å². The molecule has 3 nitrogen and oxygen atoms in total. The highest BCUT2D eigenvalue weighted by Crippen LogP contribution is 2.51. The fraction of sp³-hybridized carbons (Fsp3) is 0.0678. The largest absolute Gasteiger partial charge is 0.417 e. The van der Waals surface area contributed by atoms with Gasteiger partial charge in [-0.05, 0) is 108 Å². The second kappa shape index (κ2) is 15.9. The van der Waals surface area contributed by atoms with Crippen LogP contribution in [0.3, 0.4) is 0 Å². The number of nitriles is 1. The molecule has 0 atom stereocenters. The number of benzene rings is 9. The monoisotopic (exact) mass is 901 g/mol. The van der Waals surface area contributed by atoms with Gasteiger partial charge in [0.05, 0.1) is 56.2 Å². The Hall–Kier alpha value is -8.35. The summed E-state index contributed by atoms with van der Waals surface area (Å²) in [5.41, 5.74) is 5.49. The van der Waals surface area contributed by atoms with Crippen LogP contribution in [0, 0.1) is 25.2 Å². The molecule has 0 saturated heterocycles. The van der Waals surface area contributed by atoms with Crippen molar-refractivity contribution < 1.29 is 26.3 Å². The van der Waals surface area contributed by atoms with Gasteiger partial charge in [0.1, 0.15) is 0 Å². The summed E-state index contributed by atoms with van der Waals surface area (Å²) in [5, 5.41) is 14.5. The lowest BCUT2D eigenvalue weighted by atomic mass is 9.85. The number of halogens is 6. The van der Waals surface area contributed by atoms with E-state index >= 15 is 26.3 Å². The number of para-hydroxylation sites is 2. The van der Waals surface area contributed by atoms with Gasteiger partial charge in [-0.1, -0.05) is 132 Å². The Morgan fingerprint density at radius 1 is 0.382 bits per heavy atom. The Kier molecular flexibility index (Phi) is 9.90. The molecule has 2 aromatic heterocycles. The standard InChI is InChI=1S/C59H37F6N3/c1-35-12-7-14-37(30-35)39-26-28-51-45(32-39)42-17-3-5-22-49(42)67(51)53-24-9-16-41(34-66)55(53)57-44(56-47(58(60,61)62)20-11-21-48(56)59(63,64)65)19-10-25-54(57)68-50-23-6-4-18-43(50)46-33-40(27-29-52(46)68)38-15-8-13-36(2)31-38/h3-33H,1-2H3. The van der Waals surface area contributed by atoms with Gasteiger partial charge < -0.3 is 9.13 Å². The lowest BCUT2D eigenvalue weighted by Crippen LogP contribution is -2.15. The van der Waals surface area contributed by atoms with E-state index in [1.807, 2.05) is 132 Å². The molecule has 0 aliphatic carbocycles. The van der Waals surface area contributed by atoms with E-state index in [4.69, 9.17) is 0 Å². The maximum atomic E-state index is 15.4. The Balaban J connectivity index is 1.30. The first-order chi connectivity index (χ1) is 32.8. The summed E-state index contributed by atoms with van der Waals surface area (Å²) in [6, 6.07) is 57.6. The van der Waals surface area contributed by atoms with Crippen LogP contribution in [0.25, 0.3) is 99.5 Å². The Morgan fingerprint density at radius 3 is 1.29 bits per heavy atom. The molecule has 0 unspecified atom stereocenters. The second-order valence-electron chi connectivity index (χ2n) is 17.1. The minimum Gasteiger partial charge on any atom is -0.309 e. The van der Waals surface area contributed by atoms with Crippen LogP contribution >= 0.6 is 0 Å². The van der Waals surface area contributed by atoms with Gasteiger partial charge in [-0.2, -0.15) is 31.6 Å².